The van der Waals surface area contributed by atoms with E-state index in [0.29, 0.717) is 31.9 Å². The molecule has 2 heterocycles. The molecule has 0 saturated carbocycles. The number of carbonyl (C=O) groups is 3. The van der Waals surface area contributed by atoms with Crippen molar-refractivity contribution in [1.82, 2.24) is 14.8 Å². The van der Waals surface area contributed by atoms with E-state index in [2.05, 4.69) is 10.3 Å². The number of nitrogens with zero attached hydrogens (tertiary/aromatic N) is 3. The maximum Gasteiger partial charge on any atom is 0.274 e. The summed E-state index contributed by atoms with van der Waals surface area (Å²) in [4.78, 5) is 43.2. The van der Waals surface area contributed by atoms with E-state index >= 15 is 0 Å². The lowest BCUT2D eigenvalue weighted by molar-refractivity contribution is -0.119. The van der Waals surface area contributed by atoms with Gasteiger partial charge >= 0.3 is 0 Å². The second-order valence-corrected chi connectivity index (χ2v) is 6.16. The Balaban J connectivity index is 1.69. The van der Waals surface area contributed by atoms with E-state index in [9.17, 15) is 14.4 Å². The Kier molecular flexibility index (Phi) is 5.26. The zero-order valence-corrected chi connectivity index (χ0v) is 14.5. The van der Waals surface area contributed by atoms with Gasteiger partial charge in [0.05, 0.1) is 0 Å². The Morgan fingerprint density at radius 2 is 1.65 bits per heavy atom. The van der Waals surface area contributed by atoms with E-state index in [1.54, 1.807) is 28.0 Å². The van der Waals surface area contributed by atoms with Crippen LogP contribution in [0.25, 0.3) is 0 Å². The molecule has 7 heteroatoms. The van der Waals surface area contributed by atoms with Crippen LogP contribution in [-0.2, 0) is 4.79 Å². The standard InChI is InChI=1S/C19H20N4O3/c1-14-5-7-15(8-6-14)20-18(25)16-3-2-4-17(21-16)19(26)23-11-9-22(13-24)10-12-23/h2-8,13H,9-12H2,1H3,(H,20,25). The largest absolute Gasteiger partial charge is 0.342 e. The first-order chi connectivity index (χ1) is 12.6. The second-order valence-electron chi connectivity index (χ2n) is 6.16. The molecule has 1 aliphatic rings. The molecule has 3 amide bonds. The zero-order chi connectivity index (χ0) is 18.5. The van der Waals surface area contributed by atoms with Crippen molar-refractivity contribution in [2.75, 3.05) is 31.5 Å². The van der Waals surface area contributed by atoms with Gasteiger partial charge in [-0.2, -0.15) is 0 Å². The minimum Gasteiger partial charge on any atom is -0.342 e. The summed E-state index contributed by atoms with van der Waals surface area (Å²) in [5, 5.41) is 2.77. The van der Waals surface area contributed by atoms with Crippen molar-refractivity contribution in [2.24, 2.45) is 0 Å². The monoisotopic (exact) mass is 352 g/mol. The Morgan fingerprint density at radius 3 is 2.31 bits per heavy atom. The number of aryl methyl sites for hydroxylation is 1. The van der Waals surface area contributed by atoms with E-state index in [4.69, 9.17) is 0 Å². The molecule has 0 atom stereocenters. The minimum absolute atomic E-state index is 0.183. The van der Waals surface area contributed by atoms with Crippen LogP contribution in [0.2, 0.25) is 0 Å². The molecule has 7 nitrogen and oxygen atoms in total. The Hall–Kier alpha value is -3.22. The van der Waals surface area contributed by atoms with Gasteiger partial charge in [-0.15, -0.1) is 0 Å². The summed E-state index contributed by atoms with van der Waals surface area (Å²) in [5.41, 5.74) is 2.18. The van der Waals surface area contributed by atoms with Crippen molar-refractivity contribution >= 4 is 23.9 Å². The van der Waals surface area contributed by atoms with Crippen molar-refractivity contribution in [3.63, 3.8) is 0 Å². The quantitative estimate of drug-likeness (QED) is 0.847. The number of benzene rings is 1. The van der Waals surface area contributed by atoms with Gasteiger partial charge in [0, 0.05) is 31.9 Å². The van der Waals surface area contributed by atoms with Crippen molar-refractivity contribution in [2.45, 2.75) is 6.92 Å². The highest BCUT2D eigenvalue weighted by molar-refractivity contribution is 6.03. The van der Waals surface area contributed by atoms with Crippen LogP contribution in [0, 0.1) is 6.92 Å². The second kappa shape index (κ2) is 7.77. The van der Waals surface area contributed by atoms with Crippen molar-refractivity contribution in [3.8, 4) is 0 Å². The third-order valence-electron chi connectivity index (χ3n) is 4.26. The van der Waals surface area contributed by atoms with Gasteiger partial charge in [-0.05, 0) is 31.2 Å². The van der Waals surface area contributed by atoms with Crippen LogP contribution < -0.4 is 5.32 Å². The topological polar surface area (TPSA) is 82.6 Å². The van der Waals surface area contributed by atoms with Gasteiger partial charge in [0.2, 0.25) is 6.41 Å². The van der Waals surface area contributed by atoms with E-state index in [-0.39, 0.29) is 23.2 Å². The summed E-state index contributed by atoms with van der Waals surface area (Å²) in [6, 6.07) is 12.3. The lowest BCUT2D eigenvalue weighted by atomic mass is 10.2. The third-order valence-corrected chi connectivity index (χ3v) is 4.26. The van der Waals surface area contributed by atoms with Crippen LogP contribution in [0.4, 0.5) is 5.69 Å². The van der Waals surface area contributed by atoms with Crippen LogP contribution >= 0.6 is 0 Å². The molecule has 1 saturated heterocycles. The van der Waals surface area contributed by atoms with Crippen molar-refractivity contribution < 1.29 is 14.4 Å². The zero-order valence-electron chi connectivity index (χ0n) is 14.5. The fourth-order valence-electron chi connectivity index (χ4n) is 2.70. The van der Waals surface area contributed by atoms with Crippen molar-refractivity contribution in [3.05, 3.63) is 59.4 Å². The maximum absolute atomic E-state index is 12.6. The average Bonchev–Trinajstić information content (AvgIpc) is 2.69. The summed E-state index contributed by atoms with van der Waals surface area (Å²) in [5.74, 6) is -0.602. The molecule has 1 N–H and O–H groups in total. The van der Waals surface area contributed by atoms with Gasteiger partial charge in [-0.3, -0.25) is 14.4 Å². The van der Waals surface area contributed by atoms with Crippen LogP contribution in [0.1, 0.15) is 26.5 Å². The molecule has 26 heavy (non-hydrogen) atoms. The van der Waals surface area contributed by atoms with Crippen LogP contribution in [-0.4, -0.2) is 59.2 Å². The number of piperazine rings is 1. The van der Waals surface area contributed by atoms with Gasteiger partial charge in [-0.1, -0.05) is 23.8 Å². The summed E-state index contributed by atoms with van der Waals surface area (Å²) >= 11 is 0. The highest BCUT2D eigenvalue weighted by atomic mass is 16.2. The molecule has 0 radical (unpaired) electrons. The number of carbonyl (C=O) groups excluding carboxylic acids is 3. The van der Waals surface area contributed by atoms with Crippen LogP contribution in [0.15, 0.2) is 42.5 Å². The first-order valence-electron chi connectivity index (χ1n) is 8.40. The lowest BCUT2D eigenvalue weighted by Crippen LogP contribution is -2.48. The highest BCUT2D eigenvalue weighted by Gasteiger charge is 2.23. The van der Waals surface area contributed by atoms with Gasteiger partial charge in [0.25, 0.3) is 11.8 Å². The number of hydrogen-bond acceptors (Lipinski definition) is 4. The normalized spacial score (nSPS) is 14.0. The fraction of sp³-hybridized carbons (Fsp3) is 0.263. The molecule has 134 valence electrons. The Morgan fingerprint density at radius 1 is 1.00 bits per heavy atom. The number of rotatable bonds is 4. The van der Waals surface area contributed by atoms with E-state index in [0.717, 1.165) is 12.0 Å². The van der Waals surface area contributed by atoms with E-state index in [1.165, 1.54) is 0 Å². The molecule has 2 aromatic rings. The smallest absolute Gasteiger partial charge is 0.274 e. The summed E-state index contributed by atoms with van der Waals surface area (Å²) in [7, 11) is 0. The number of hydrogen-bond donors (Lipinski definition) is 1. The lowest BCUT2D eigenvalue weighted by Gasteiger charge is -2.32. The number of pyridine rings is 1. The maximum atomic E-state index is 12.6. The van der Waals surface area contributed by atoms with Crippen LogP contribution in [0.3, 0.4) is 0 Å². The first-order valence-corrected chi connectivity index (χ1v) is 8.40. The van der Waals surface area contributed by atoms with Crippen molar-refractivity contribution in [1.29, 1.82) is 0 Å². The molecule has 1 aromatic carbocycles. The van der Waals surface area contributed by atoms with Gasteiger partial charge in [0.15, 0.2) is 0 Å². The molecule has 3 rings (SSSR count). The average molecular weight is 352 g/mol. The molecule has 0 aliphatic carbocycles. The van der Waals surface area contributed by atoms with Crippen LogP contribution in [0.5, 0.6) is 0 Å². The third kappa shape index (κ3) is 4.05. The predicted octanol–water partition coefficient (Wildman–Crippen LogP) is 1.56. The summed E-state index contributed by atoms with van der Waals surface area (Å²) in [6.45, 7) is 3.89. The minimum atomic E-state index is -0.366. The fourth-order valence-corrected chi connectivity index (χ4v) is 2.70. The first kappa shape index (κ1) is 17.6. The predicted molar refractivity (Wildman–Crippen MR) is 96.9 cm³/mol. The number of anilines is 1. The molecule has 1 aliphatic heterocycles. The molecule has 1 fully saturated rings. The molecule has 1 aromatic heterocycles. The highest BCUT2D eigenvalue weighted by Crippen LogP contribution is 2.12. The summed E-state index contributed by atoms with van der Waals surface area (Å²) in [6.07, 6.45) is 0.788. The van der Waals surface area contributed by atoms with Gasteiger partial charge < -0.3 is 15.1 Å². The molecule has 0 spiro atoms. The molecule has 0 unspecified atom stereocenters. The van der Waals surface area contributed by atoms with Gasteiger partial charge in [0.1, 0.15) is 11.4 Å². The SMILES string of the molecule is Cc1ccc(NC(=O)c2cccc(C(=O)N3CCN(C=O)CC3)n2)cc1. The van der Waals surface area contributed by atoms with Gasteiger partial charge in [-0.25, -0.2) is 4.98 Å². The molecular formula is C19H20N4O3. The number of amides is 3. The summed E-state index contributed by atoms with van der Waals surface area (Å²) < 4.78 is 0. The molecular weight excluding hydrogens is 332 g/mol. The molecule has 0 bridgehead atoms. The van der Waals surface area contributed by atoms with E-state index < -0.39 is 0 Å². The Labute approximate surface area is 151 Å². The Bertz CT molecular complexity index is 812. The number of aromatic nitrogens is 1. The number of nitrogens with one attached hydrogen (secondary N) is 1. The van der Waals surface area contributed by atoms with E-state index in [1.807, 2.05) is 31.2 Å².